The van der Waals surface area contributed by atoms with E-state index in [4.69, 9.17) is 9.15 Å². The molecule has 0 atom stereocenters. The largest absolute Gasteiger partial charge is 0.447 e. The van der Waals surface area contributed by atoms with Gasteiger partial charge in [0.2, 0.25) is 0 Å². The lowest BCUT2D eigenvalue weighted by Crippen LogP contribution is -2.39. The molecule has 6 heteroatoms. The molecular formula is C23H25FN2O3. The summed E-state index contributed by atoms with van der Waals surface area (Å²) >= 11 is 0. The van der Waals surface area contributed by atoms with E-state index < -0.39 is 0 Å². The molecule has 0 unspecified atom stereocenters. The van der Waals surface area contributed by atoms with Gasteiger partial charge in [-0.1, -0.05) is 18.2 Å². The number of carbonyl (C=O) groups is 1. The molecule has 4 rings (SSSR count). The third kappa shape index (κ3) is 4.11. The van der Waals surface area contributed by atoms with Crippen LogP contribution in [-0.4, -0.2) is 35.2 Å². The van der Waals surface area contributed by atoms with Gasteiger partial charge >= 0.3 is 6.09 Å². The average Bonchev–Trinajstić information content (AvgIpc) is 3.13. The summed E-state index contributed by atoms with van der Waals surface area (Å²) in [5, 5.41) is 0. The molecule has 0 bridgehead atoms. The molecule has 2 heterocycles. The van der Waals surface area contributed by atoms with Crippen LogP contribution < -0.4 is 0 Å². The summed E-state index contributed by atoms with van der Waals surface area (Å²) in [7, 11) is 0. The number of rotatable bonds is 3. The monoisotopic (exact) mass is 396 g/mol. The fourth-order valence-electron chi connectivity index (χ4n) is 3.66. The molecule has 152 valence electrons. The Morgan fingerprint density at radius 1 is 1.17 bits per heavy atom. The molecular weight excluding hydrogens is 371 g/mol. The maximum absolute atomic E-state index is 13.9. The highest BCUT2D eigenvalue weighted by molar-refractivity contribution is 5.80. The number of aryl methyl sites for hydroxylation is 1. The molecule has 1 aliphatic heterocycles. The lowest BCUT2D eigenvalue weighted by atomic mass is 9.97. The number of hydrogen-bond acceptors (Lipinski definition) is 4. The van der Waals surface area contributed by atoms with Gasteiger partial charge in [0.05, 0.1) is 6.10 Å². The van der Waals surface area contributed by atoms with Gasteiger partial charge in [0.1, 0.15) is 11.3 Å². The van der Waals surface area contributed by atoms with Gasteiger partial charge in [-0.25, -0.2) is 14.2 Å². The number of carbonyl (C=O) groups excluding carboxylic acids is 1. The number of hydrogen-bond donors (Lipinski definition) is 0. The van der Waals surface area contributed by atoms with Gasteiger partial charge in [-0.05, 0) is 68.5 Å². The Morgan fingerprint density at radius 2 is 1.86 bits per heavy atom. The van der Waals surface area contributed by atoms with Crippen molar-refractivity contribution in [1.29, 1.82) is 0 Å². The minimum atomic E-state index is -0.258. The van der Waals surface area contributed by atoms with E-state index in [1.807, 2.05) is 38.1 Å². The Labute approximate surface area is 169 Å². The first-order chi connectivity index (χ1) is 13.9. The predicted octanol–water partition coefficient (Wildman–Crippen LogP) is 5.67. The molecule has 29 heavy (non-hydrogen) atoms. The van der Waals surface area contributed by atoms with Crippen molar-refractivity contribution in [2.24, 2.45) is 0 Å². The minimum absolute atomic E-state index is 0.117. The SMILES string of the molecule is Cc1ccc(-c2ccc3oc(C4CCN(C(=O)OC(C)C)CC4)nc3c2)cc1F. The summed E-state index contributed by atoms with van der Waals surface area (Å²) in [6, 6.07) is 11.0. The highest BCUT2D eigenvalue weighted by Gasteiger charge is 2.28. The van der Waals surface area contributed by atoms with Crippen LogP contribution in [0.4, 0.5) is 9.18 Å². The lowest BCUT2D eigenvalue weighted by Gasteiger charge is -2.30. The first-order valence-electron chi connectivity index (χ1n) is 10.0. The quantitative estimate of drug-likeness (QED) is 0.573. The van der Waals surface area contributed by atoms with Crippen LogP contribution in [0.25, 0.3) is 22.2 Å². The van der Waals surface area contributed by atoms with E-state index in [1.165, 1.54) is 0 Å². The Bertz CT molecular complexity index is 1040. The zero-order valence-electron chi connectivity index (χ0n) is 16.9. The Balaban J connectivity index is 1.50. The van der Waals surface area contributed by atoms with Crippen LogP contribution in [-0.2, 0) is 4.74 Å². The highest BCUT2D eigenvalue weighted by Crippen LogP contribution is 2.32. The smallest absolute Gasteiger partial charge is 0.410 e. The molecule has 1 aliphatic rings. The molecule has 0 saturated carbocycles. The molecule has 1 fully saturated rings. The second-order valence-electron chi connectivity index (χ2n) is 7.89. The summed E-state index contributed by atoms with van der Waals surface area (Å²) in [5.41, 5.74) is 3.83. The standard InChI is InChI=1S/C23H25FN2O3/c1-14(2)28-23(27)26-10-8-16(9-11-26)22-25-20-13-18(6-7-21(20)29-22)17-5-4-15(3)19(24)12-17/h4-7,12-14,16H,8-11H2,1-3H3. The van der Waals surface area contributed by atoms with Crippen LogP contribution in [0.15, 0.2) is 40.8 Å². The number of halogens is 1. The molecule has 2 aromatic carbocycles. The molecule has 1 aromatic heterocycles. The van der Waals surface area contributed by atoms with Crippen LogP contribution in [0.3, 0.4) is 0 Å². The number of nitrogens with zero attached hydrogens (tertiary/aromatic N) is 2. The van der Waals surface area contributed by atoms with Crippen LogP contribution >= 0.6 is 0 Å². The van der Waals surface area contributed by atoms with E-state index in [1.54, 1.807) is 24.0 Å². The van der Waals surface area contributed by atoms with E-state index in [0.29, 0.717) is 24.5 Å². The zero-order chi connectivity index (χ0) is 20.5. The molecule has 5 nitrogen and oxygen atoms in total. The van der Waals surface area contributed by atoms with E-state index in [2.05, 4.69) is 4.98 Å². The van der Waals surface area contributed by atoms with Crippen molar-refractivity contribution in [3.05, 3.63) is 53.7 Å². The van der Waals surface area contributed by atoms with Gasteiger partial charge in [-0.2, -0.15) is 0 Å². The topological polar surface area (TPSA) is 55.6 Å². The van der Waals surface area contributed by atoms with Gasteiger partial charge in [0.25, 0.3) is 0 Å². The third-order valence-electron chi connectivity index (χ3n) is 5.35. The number of ether oxygens (including phenoxy) is 1. The Morgan fingerprint density at radius 3 is 2.55 bits per heavy atom. The molecule has 0 radical (unpaired) electrons. The van der Waals surface area contributed by atoms with Crippen LogP contribution in [0, 0.1) is 12.7 Å². The fourth-order valence-corrected chi connectivity index (χ4v) is 3.66. The number of likely N-dealkylation sites (tertiary alicyclic amines) is 1. The Kier molecular flexibility index (Phi) is 5.26. The summed E-state index contributed by atoms with van der Waals surface area (Å²) in [6.45, 7) is 6.70. The molecule has 0 spiro atoms. The van der Waals surface area contributed by atoms with Gasteiger partial charge in [0, 0.05) is 19.0 Å². The van der Waals surface area contributed by atoms with E-state index in [-0.39, 0.29) is 23.9 Å². The average molecular weight is 396 g/mol. The van der Waals surface area contributed by atoms with Gasteiger partial charge in [-0.15, -0.1) is 0 Å². The molecule has 0 N–H and O–H groups in total. The van der Waals surface area contributed by atoms with Crippen molar-refractivity contribution in [3.63, 3.8) is 0 Å². The first-order valence-corrected chi connectivity index (χ1v) is 10.0. The number of amides is 1. The second-order valence-corrected chi connectivity index (χ2v) is 7.89. The summed E-state index contributed by atoms with van der Waals surface area (Å²) in [6.07, 6.45) is 1.20. The normalized spacial score (nSPS) is 15.3. The van der Waals surface area contributed by atoms with Crippen molar-refractivity contribution in [2.75, 3.05) is 13.1 Å². The minimum Gasteiger partial charge on any atom is -0.447 e. The van der Waals surface area contributed by atoms with Crippen molar-refractivity contribution >= 4 is 17.2 Å². The number of piperidine rings is 1. The molecule has 1 saturated heterocycles. The van der Waals surface area contributed by atoms with Crippen LogP contribution in [0.5, 0.6) is 0 Å². The van der Waals surface area contributed by atoms with Crippen molar-refractivity contribution in [2.45, 2.75) is 45.6 Å². The molecule has 1 amide bonds. The predicted molar refractivity (Wildman–Crippen MR) is 109 cm³/mol. The summed E-state index contributed by atoms with van der Waals surface area (Å²) in [5.74, 6) is 0.654. The number of oxazole rings is 1. The number of benzene rings is 2. The first kappa shape index (κ1) is 19.4. The van der Waals surface area contributed by atoms with E-state index >= 15 is 0 Å². The number of aromatic nitrogens is 1. The van der Waals surface area contributed by atoms with E-state index in [9.17, 15) is 9.18 Å². The third-order valence-corrected chi connectivity index (χ3v) is 5.35. The van der Waals surface area contributed by atoms with Crippen molar-refractivity contribution in [3.8, 4) is 11.1 Å². The lowest BCUT2D eigenvalue weighted by molar-refractivity contribution is 0.0681. The zero-order valence-corrected chi connectivity index (χ0v) is 16.9. The van der Waals surface area contributed by atoms with E-state index in [0.717, 1.165) is 35.1 Å². The highest BCUT2D eigenvalue weighted by atomic mass is 19.1. The summed E-state index contributed by atoms with van der Waals surface area (Å²) < 4.78 is 25.2. The second kappa shape index (κ2) is 7.85. The van der Waals surface area contributed by atoms with Gasteiger partial charge < -0.3 is 14.1 Å². The number of fused-ring (bicyclic) bond motifs is 1. The Hall–Kier alpha value is -2.89. The van der Waals surface area contributed by atoms with Gasteiger partial charge in [-0.3, -0.25) is 0 Å². The fraction of sp³-hybridized carbons (Fsp3) is 0.391. The maximum Gasteiger partial charge on any atom is 0.410 e. The van der Waals surface area contributed by atoms with Crippen molar-refractivity contribution < 1.29 is 18.3 Å². The molecule has 3 aromatic rings. The van der Waals surface area contributed by atoms with Crippen LogP contribution in [0.2, 0.25) is 0 Å². The molecule has 0 aliphatic carbocycles. The maximum atomic E-state index is 13.9. The van der Waals surface area contributed by atoms with Crippen LogP contribution in [0.1, 0.15) is 44.1 Å². The van der Waals surface area contributed by atoms with Gasteiger partial charge in [0.15, 0.2) is 11.5 Å². The summed E-state index contributed by atoms with van der Waals surface area (Å²) in [4.78, 5) is 18.5. The van der Waals surface area contributed by atoms with Crippen molar-refractivity contribution in [1.82, 2.24) is 9.88 Å².